The van der Waals surface area contributed by atoms with Crippen molar-refractivity contribution in [3.05, 3.63) is 29.8 Å². The molecular formula is C17H26N2O2. The zero-order valence-corrected chi connectivity index (χ0v) is 13.3. The smallest absolute Gasteiger partial charge is 0.331 e. The molecule has 21 heavy (non-hydrogen) atoms. The molecule has 4 heteroatoms. The van der Waals surface area contributed by atoms with Crippen molar-refractivity contribution >= 4 is 11.7 Å². The second-order valence-corrected chi connectivity index (χ2v) is 5.80. The molecule has 0 saturated carbocycles. The number of methoxy groups -OCH3 is 1. The molecule has 1 aromatic carbocycles. The van der Waals surface area contributed by atoms with Gasteiger partial charge in [-0.2, -0.15) is 0 Å². The van der Waals surface area contributed by atoms with Gasteiger partial charge in [0.05, 0.1) is 7.11 Å². The molecule has 0 amide bonds. The summed E-state index contributed by atoms with van der Waals surface area (Å²) in [6.07, 6.45) is 2.59. The molecule has 0 spiro atoms. The standard InChI is InChI=1S/C17H26N2O2/c1-4-19-12-7-10-17(11-13-19,16(20)21-3)18-15-9-6-5-8-14(15)2/h5-6,8-9,18H,4,7,10-13H2,1-3H3. The molecule has 0 aliphatic carbocycles. The second-order valence-electron chi connectivity index (χ2n) is 5.80. The first-order valence-electron chi connectivity index (χ1n) is 7.76. The SMILES string of the molecule is CCN1CCCC(Nc2ccccc2C)(C(=O)OC)CC1. The zero-order chi connectivity index (χ0) is 15.3. The molecule has 1 heterocycles. The van der Waals surface area contributed by atoms with Gasteiger partial charge < -0.3 is 15.0 Å². The number of nitrogens with one attached hydrogen (secondary N) is 1. The third-order valence-corrected chi connectivity index (χ3v) is 4.48. The summed E-state index contributed by atoms with van der Waals surface area (Å²) in [4.78, 5) is 14.8. The maximum absolute atomic E-state index is 12.4. The van der Waals surface area contributed by atoms with Crippen LogP contribution >= 0.6 is 0 Å². The highest BCUT2D eigenvalue weighted by Gasteiger charge is 2.40. The summed E-state index contributed by atoms with van der Waals surface area (Å²) < 4.78 is 5.11. The lowest BCUT2D eigenvalue weighted by Crippen LogP contribution is -2.48. The number of carbonyl (C=O) groups is 1. The molecule has 1 aliphatic rings. The van der Waals surface area contributed by atoms with Crippen molar-refractivity contribution in [1.82, 2.24) is 4.90 Å². The van der Waals surface area contributed by atoms with Crippen LogP contribution in [-0.4, -0.2) is 43.2 Å². The number of likely N-dealkylation sites (tertiary alicyclic amines) is 1. The summed E-state index contributed by atoms with van der Waals surface area (Å²) in [5.74, 6) is -0.149. The fourth-order valence-electron chi connectivity index (χ4n) is 3.05. The van der Waals surface area contributed by atoms with Crippen molar-refractivity contribution in [2.75, 3.05) is 32.1 Å². The van der Waals surface area contributed by atoms with Gasteiger partial charge in [-0.15, -0.1) is 0 Å². The van der Waals surface area contributed by atoms with E-state index in [0.717, 1.165) is 50.1 Å². The Balaban J connectivity index is 2.25. The molecule has 1 aromatic rings. The summed E-state index contributed by atoms with van der Waals surface area (Å²) in [6.45, 7) is 7.22. The molecule has 4 nitrogen and oxygen atoms in total. The van der Waals surface area contributed by atoms with Crippen molar-refractivity contribution < 1.29 is 9.53 Å². The van der Waals surface area contributed by atoms with E-state index in [-0.39, 0.29) is 5.97 Å². The van der Waals surface area contributed by atoms with E-state index in [0.29, 0.717) is 0 Å². The van der Waals surface area contributed by atoms with Crippen LogP contribution in [0.3, 0.4) is 0 Å². The van der Waals surface area contributed by atoms with Crippen molar-refractivity contribution in [3.8, 4) is 0 Å². The Morgan fingerprint density at radius 3 is 2.76 bits per heavy atom. The molecular weight excluding hydrogens is 264 g/mol. The number of hydrogen-bond donors (Lipinski definition) is 1. The van der Waals surface area contributed by atoms with Gasteiger partial charge in [-0.1, -0.05) is 25.1 Å². The topological polar surface area (TPSA) is 41.6 Å². The highest BCUT2D eigenvalue weighted by Crippen LogP contribution is 2.29. The van der Waals surface area contributed by atoms with Gasteiger partial charge in [0, 0.05) is 12.2 Å². The summed E-state index contributed by atoms with van der Waals surface area (Å²) in [5.41, 5.74) is 1.57. The van der Waals surface area contributed by atoms with E-state index >= 15 is 0 Å². The first kappa shape index (κ1) is 15.8. The summed E-state index contributed by atoms with van der Waals surface area (Å²) in [7, 11) is 1.48. The zero-order valence-electron chi connectivity index (χ0n) is 13.3. The van der Waals surface area contributed by atoms with Gasteiger partial charge in [0.15, 0.2) is 0 Å². The normalized spacial score (nSPS) is 23.4. The number of ether oxygens (including phenoxy) is 1. The molecule has 0 radical (unpaired) electrons. The van der Waals surface area contributed by atoms with Gasteiger partial charge in [0.1, 0.15) is 5.54 Å². The van der Waals surface area contributed by atoms with Gasteiger partial charge in [0.2, 0.25) is 0 Å². The number of rotatable bonds is 4. The number of carbonyl (C=O) groups excluding carboxylic acids is 1. The van der Waals surface area contributed by atoms with E-state index in [9.17, 15) is 4.79 Å². The van der Waals surface area contributed by atoms with E-state index < -0.39 is 5.54 Å². The summed E-state index contributed by atoms with van der Waals surface area (Å²) in [5, 5.41) is 3.50. The van der Waals surface area contributed by atoms with E-state index in [2.05, 4.69) is 30.1 Å². The minimum Gasteiger partial charge on any atom is -0.467 e. The molecule has 1 atom stereocenters. The Bertz CT molecular complexity index is 489. The van der Waals surface area contributed by atoms with Gasteiger partial charge in [0.25, 0.3) is 0 Å². The van der Waals surface area contributed by atoms with Crippen LogP contribution in [0, 0.1) is 6.92 Å². The molecule has 1 N–H and O–H groups in total. The van der Waals surface area contributed by atoms with Crippen LogP contribution < -0.4 is 5.32 Å². The number of para-hydroxylation sites is 1. The van der Waals surface area contributed by atoms with Crippen LogP contribution in [0.2, 0.25) is 0 Å². The molecule has 1 aliphatic heterocycles. The minimum atomic E-state index is -0.606. The third-order valence-electron chi connectivity index (χ3n) is 4.48. The molecule has 0 bridgehead atoms. The number of esters is 1. The first-order valence-corrected chi connectivity index (χ1v) is 7.76. The number of benzene rings is 1. The first-order chi connectivity index (χ1) is 10.1. The highest BCUT2D eigenvalue weighted by atomic mass is 16.5. The van der Waals surface area contributed by atoms with Crippen LogP contribution in [-0.2, 0) is 9.53 Å². The van der Waals surface area contributed by atoms with Crippen molar-refractivity contribution in [2.45, 2.75) is 38.6 Å². The number of hydrogen-bond acceptors (Lipinski definition) is 4. The molecule has 2 rings (SSSR count). The Hall–Kier alpha value is -1.55. The number of anilines is 1. The Morgan fingerprint density at radius 2 is 2.10 bits per heavy atom. The largest absolute Gasteiger partial charge is 0.467 e. The number of aryl methyl sites for hydroxylation is 1. The Morgan fingerprint density at radius 1 is 1.33 bits per heavy atom. The van der Waals surface area contributed by atoms with Crippen LogP contribution in [0.4, 0.5) is 5.69 Å². The van der Waals surface area contributed by atoms with E-state index in [1.165, 1.54) is 7.11 Å². The summed E-state index contributed by atoms with van der Waals surface area (Å²) in [6, 6.07) is 8.09. The lowest BCUT2D eigenvalue weighted by atomic mass is 9.89. The van der Waals surface area contributed by atoms with Crippen molar-refractivity contribution in [2.24, 2.45) is 0 Å². The van der Waals surface area contributed by atoms with Crippen LogP contribution in [0.5, 0.6) is 0 Å². The van der Waals surface area contributed by atoms with Gasteiger partial charge >= 0.3 is 5.97 Å². The summed E-state index contributed by atoms with van der Waals surface area (Å²) >= 11 is 0. The highest BCUT2D eigenvalue weighted by molar-refractivity contribution is 5.85. The van der Waals surface area contributed by atoms with Crippen LogP contribution in [0.25, 0.3) is 0 Å². The Labute approximate surface area is 127 Å². The Kier molecular flexibility index (Phi) is 5.23. The molecule has 1 saturated heterocycles. The van der Waals surface area contributed by atoms with Crippen molar-refractivity contribution in [1.29, 1.82) is 0 Å². The predicted molar refractivity (Wildman–Crippen MR) is 85.5 cm³/mol. The van der Waals surface area contributed by atoms with Gasteiger partial charge in [-0.3, -0.25) is 0 Å². The number of nitrogens with zero attached hydrogens (tertiary/aromatic N) is 1. The monoisotopic (exact) mass is 290 g/mol. The molecule has 1 unspecified atom stereocenters. The molecule has 116 valence electrons. The fraction of sp³-hybridized carbons (Fsp3) is 0.588. The van der Waals surface area contributed by atoms with Crippen molar-refractivity contribution in [3.63, 3.8) is 0 Å². The second kappa shape index (κ2) is 6.94. The molecule has 1 fully saturated rings. The maximum atomic E-state index is 12.4. The quantitative estimate of drug-likeness (QED) is 0.866. The van der Waals surface area contributed by atoms with E-state index in [4.69, 9.17) is 4.74 Å². The average molecular weight is 290 g/mol. The molecule has 0 aromatic heterocycles. The fourth-order valence-corrected chi connectivity index (χ4v) is 3.05. The van der Waals surface area contributed by atoms with E-state index in [1.807, 2.05) is 18.2 Å². The lowest BCUT2D eigenvalue weighted by Gasteiger charge is -2.32. The van der Waals surface area contributed by atoms with Gasteiger partial charge in [-0.05, 0) is 50.9 Å². The van der Waals surface area contributed by atoms with E-state index in [1.54, 1.807) is 0 Å². The minimum absolute atomic E-state index is 0.149. The van der Waals surface area contributed by atoms with Crippen LogP contribution in [0.15, 0.2) is 24.3 Å². The van der Waals surface area contributed by atoms with Crippen LogP contribution in [0.1, 0.15) is 31.7 Å². The maximum Gasteiger partial charge on any atom is 0.331 e. The average Bonchev–Trinajstić information content (AvgIpc) is 2.72. The van der Waals surface area contributed by atoms with Gasteiger partial charge in [-0.25, -0.2) is 4.79 Å². The third kappa shape index (κ3) is 3.56. The predicted octanol–water partition coefficient (Wildman–Crippen LogP) is 2.82. The lowest BCUT2D eigenvalue weighted by molar-refractivity contribution is -0.146.